The Labute approximate surface area is 176 Å². The van der Waals surface area contributed by atoms with E-state index in [2.05, 4.69) is 27.9 Å². The predicted octanol–water partition coefficient (Wildman–Crippen LogP) is 4.29. The molecule has 0 aliphatic rings. The van der Waals surface area contributed by atoms with Crippen molar-refractivity contribution in [3.8, 4) is 5.75 Å². The first-order valence-electron chi connectivity index (χ1n) is 8.45. The van der Waals surface area contributed by atoms with E-state index in [0.29, 0.717) is 11.3 Å². The number of phenolic OH excluding ortho intramolecular Hbond substituents is 1. The Hall–Kier alpha value is -2.59. The molecule has 2 atom stereocenters. The van der Waals surface area contributed by atoms with Gasteiger partial charge < -0.3 is 9.84 Å². The third-order valence-corrected chi connectivity index (χ3v) is 4.64. The lowest BCUT2D eigenvalue weighted by Crippen LogP contribution is -2.22. The fourth-order valence-corrected chi connectivity index (χ4v) is 3.00. The molecule has 0 bridgehead atoms. The third-order valence-electron chi connectivity index (χ3n) is 3.97. The molecule has 0 heterocycles. The number of aryl methyl sites for hydroxylation is 1. The number of benzene rings is 2. The van der Waals surface area contributed by atoms with Crippen molar-refractivity contribution in [2.45, 2.75) is 20.0 Å². The molecule has 148 valence electrons. The van der Waals surface area contributed by atoms with Gasteiger partial charge in [0, 0.05) is 26.8 Å². The van der Waals surface area contributed by atoms with Crippen molar-refractivity contribution < 1.29 is 24.6 Å². The molecule has 2 aromatic rings. The molecular formula is C20H21IN2O5. The monoisotopic (exact) mass is 496 g/mol. The number of halogens is 1. The first-order chi connectivity index (χ1) is 13.3. The Morgan fingerprint density at radius 3 is 2.50 bits per heavy atom. The molecule has 0 aromatic heterocycles. The van der Waals surface area contributed by atoms with E-state index >= 15 is 0 Å². The molecule has 0 unspecified atom stereocenters. The molecule has 0 radical (unpaired) electrons. The van der Waals surface area contributed by atoms with E-state index in [4.69, 9.17) is 9.94 Å². The van der Waals surface area contributed by atoms with Gasteiger partial charge in [0.1, 0.15) is 11.9 Å². The number of nitrogens with one attached hydrogen (secondary N) is 2. The number of anilines is 1. The van der Waals surface area contributed by atoms with Gasteiger partial charge in [0.25, 0.3) is 5.91 Å². The van der Waals surface area contributed by atoms with Gasteiger partial charge in [0.2, 0.25) is 0 Å². The van der Waals surface area contributed by atoms with Crippen LogP contribution in [0.25, 0.3) is 0 Å². The maximum atomic E-state index is 12.4. The highest BCUT2D eigenvalue weighted by Gasteiger charge is 2.25. The van der Waals surface area contributed by atoms with Crippen molar-refractivity contribution in [2.24, 2.45) is 5.92 Å². The number of amides is 2. The molecule has 2 aromatic carbocycles. The highest BCUT2D eigenvalue weighted by atomic mass is 127. The summed E-state index contributed by atoms with van der Waals surface area (Å²) in [4.78, 5) is 23.7. The van der Waals surface area contributed by atoms with E-state index in [0.717, 1.165) is 15.2 Å². The molecule has 28 heavy (non-hydrogen) atoms. The fraction of sp³-hybridized carbons (Fsp3) is 0.200. The molecule has 8 heteroatoms. The van der Waals surface area contributed by atoms with Crippen LogP contribution in [0, 0.1) is 16.4 Å². The summed E-state index contributed by atoms with van der Waals surface area (Å²) >= 11 is 2.09. The number of carbonyl (C=O) groups excluding carboxylic acids is 2. The highest BCUT2D eigenvalue weighted by molar-refractivity contribution is 14.1. The van der Waals surface area contributed by atoms with Gasteiger partial charge in [0.15, 0.2) is 0 Å². The smallest absolute Gasteiger partial charge is 0.412 e. The molecule has 0 fully saturated rings. The number of hydrogen-bond acceptors (Lipinski definition) is 5. The summed E-state index contributed by atoms with van der Waals surface area (Å²) in [6.07, 6.45) is 1.06. The van der Waals surface area contributed by atoms with Crippen LogP contribution in [0.4, 0.5) is 10.5 Å². The second kappa shape index (κ2) is 10.1. The summed E-state index contributed by atoms with van der Waals surface area (Å²) in [6, 6.07) is 12.2. The van der Waals surface area contributed by atoms with Gasteiger partial charge >= 0.3 is 6.09 Å². The van der Waals surface area contributed by atoms with Gasteiger partial charge in [-0.1, -0.05) is 30.7 Å². The fourth-order valence-electron chi connectivity index (χ4n) is 2.48. The molecule has 4 N–H and O–H groups in total. The quantitative estimate of drug-likeness (QED) is 0.207. The molecule has 0 aliphatic heterocycles. The number of phenols is 1. The molecule has 2 amide bonds. The second-order valence-electron chi connectivity index (χ2n) is 6.21. The van der Waals surface area contributed by atoms with Gasteiger partial charge in [-0.25, -0.2) is 10.3 Å². The van der Waals surface area contributed by atoms with Crippen molar-refractivity contribution in [1.82, 2.24) is 5.48 Å². The standard InChI is InChI=1S/C20H21IN2O5/c1-12-3-7-15(8-4-12)22-20(26)28-19(13(2)5-10-18(25)23-27)16-11-14(21)6-9-17(16)24/h3-11,13,19,24,27H,1-2H3,(H,22,26)(H,23,25)/b10-5+/t13-,19+/m0/s1. The van der Waals surface area contributed by atoms with Crippen LogP contribution in [-0.2, 0) is 9.53 Å². The van der Waals surface area contributed by atoms with E-state index in [9.17, 15) is 14.7 Å². The molecule has 0 aliphatic carbocycles. The van der Waals surface area contributed by atoms with Gasteiger partial charge in [-0.05, 0) is 59.8 Å². The number of rotatable bonds is 6. The topological polar surface area (TPSA) is 108 Å². The van der Waals surface area contributed by atoms with Crippen LogP contribution in [0.3, 0.4) is 0 Å². The third kappa shape index (κ3) is 6.24. The van der Waals surface area contributed by atoms with Gasteiger partial charge in [-0.2, -0.15) is 0 Å². The van der Waals surface area contributed by atoms with Crippen molar-refractivity contribution in [3.63, 3.8) is 0 Å². The Kier molecular flexibility index (Phi) is 7.82. The first kappa shape index (κ1) is 21.7. The number of aromatic hydroxyl groups is 1. The predicted molar refractivity (Wildman–Crippen MR) is 113 cm³/mol. The Morgan fingerprint density at radius 2 is 1.86 bits per heavy atom. The Bertz CT molecular complexity index is 867. The second-order valence-corrected chi connectivity index (χ2v) is 7.46. The lowest BCUT2D eigenvalue weighted by Gasteiger charge is -2.23. The van der Waals surface area contributed by atoms with E-state index in [1.807, 2.05) is 19.1 Å². The summed E-state index contributed by atoms with van der Waals surface area (Å²) in [7, 11) is 0. The zero-order chi connectivity index (χ0) is 20.7. The molecule has 0 spiro atoms. The normalized spacial score (nSPS) is 13.0. The van der Waals surface area contributed by atoms with Crippen molar-refractivity contribution in [2.75, 3.05) is 5.32 Å². The molecule has 0 saturated carbocycles. The van der Waals surface area contributed by atoms with Crippen LogP contribution < -0.4 is 10.8 Å². The zero-order valence-electron chi connectivity index (χ0n) is 15.3. The maximum absolute atomic E-state index is 12.4. The van der Waals surface area contributed by atoms with Gasteiger partial charge in [-0.3, -0.25) is 15.3 Å². The van der Waals surface area contributed by atoms with Crippen LogP contribution in [0.1, 0.15) is 24.2 Å². The SMILES string of the molecule is Cc1ccc(NC(=O)O[C@@H](c2cc(I)ccc2O)[C@@H](C)/C=C/C(=O)NO)cc1. The summed E-state index contributed by atoms with van der Waals surface area (Å²) in [6.45, 7) is 3.67. The lowest BCUT2D eigenvalue weighted by atomic mass is 9.96. The maximum Gasteiger partial charge on any atom is 0.412 e. The molecule has 0 saturated heterocycles. The van der Waals surface area contributed by atoms with E-state index in [1.165, 1.54) is 17.6 Å². The minimum atomic E-state index is -0.858. The molecule has 7 nitrogen and oxygen atoms in total. The van der Waals surface area contributed by atoms with Crippen LogP contribution in [0.15, 0.2) is 54.6 Å². The van der Waals surface area contributed by atoms with Crippen LogP contribution in [0.2, 0.25) is 0 Å². The highest BCUT2D eigenvalue weighted by Crippen LogP contribution is 2.34. The lowest BCUT2D eigenvalue weighted by molar-refractivity contribution is -0.124. The van der Waals surface area contributed by atoms with Crippen molar-refractivity contribution in [1.29, 1.82) is 0 Å². The summed E-state index contributed by atoms with van der Waals surface area (Å²) in [5.41, 5.74) is 3.54. The van der Waals surface area contributed by atoms with E-state index < -0.39 is 24.0 Å². The Balaban J connectivity index is 2.25. The van der Waals surface area contributed by atoms with Crippen molar-refractivity contribution in [3.05, 3.63) is 69.3 Å². The molecule has 2 rings (SSSR count). The number of carbonyl (C=O) groups is 2. The summed E-state index contributed by atoms with van der Waals surface area (Å²) in [5.74, 6) is -1.20. The Morgan fingerprint density at radius 1 is 1.18 bits per heavy atom. The minimum Gasteiger partial charge on any atom is -0.508 e. The number of hydroxylamine groups is 1. The molecular weight excluding hydrogens is 475 g/mol. The van der Waals surface area contributed by atoms with E-state index in [-0.39, 0.29) is 5.75 Å². The first-order valence-corrected chi connectivity index (χ1v) is 9.53. The zero-order valence-corrected chi connectivity index (χ0v) is 17.5. The van der Waals surface area contributed by atoms with Crippen LogP contribution in [-0.4, -0.2) is 22.3 Å². The number of hydrogen-bond donors (Lipinski definition) is 4. The van der Waals surface area contributed by atoms with E-state index in [1.54, 1.807) is 31.2 Å². The van der Waals surface area contributed by atoms with Gasteiger partial charge in [0.05, 0.1) is 0 Å². The number of ether oxygens (including phenoxy) is 1. The summed E-state index contributed by atoms with van der Waals surface area (Å²) in [5, 5.41) is 21.5. The summed E-state index contributed by atoms with van der Waals surface area (Å²) < 4.78 is 6.42. The van der Waals surface area contributed by atoms with Crippen molar-refractivity contribution >= 4 is 40.3 Å². The average molecular weight is 496 g/mol. The van der Waals surface area contributed by atoms with Gasteiger partial charge in [-0.15, -0.1) is 0 Å². The largest absolute Gasteiger partial charge is 0.508 e. The minimum absolute atomic E-state index is 0.0274. The van der Waals surface area contributed by atoms with Crippen LogP contribution >= 0.6 is 22.6 Å². The average Bonchev–Trinajstić information content (AvgIpc) is 2.67. The van der Waals surface area contributed by atoms with Crippen LogP contribution in [0.5, 0.6) is 5.75 Å².